The van der Waals surface area contributed by atoms with Crippen LogP contribution in [-0.2, 0) is 15.9 Å². The first-order valence-corrected chi connectivity index (χ1v) is 9.99. The van der Waals surface area contributed by atoms with E-state index in [0.29, 0.717) is 17.9 Å². The van der Waals surface area contributed by atoms with E-state index in [0.717, 1.165) is 34.5 Å². The Morgan fingerprint density at radius 2 is 1.89 bits per heavy atom. The molecule has 1 saturated heterocycles. The molecule has 5 heteroatoms. The van der Waals surface area contributed by atoms with Gasteiger partial charge in [-0.05, 0) is 77.4 Å². The molecule has 140 valence electrons. The maximum absolute atomic E-state index is 6.64. The lowest BCUT2D eigenvalue weighted by molar-refractivity contribution is -0.199. The molecule has 4 fully saturated rings. The number of rotatable bonds is 3. The zero-order chi connectivity index (χ0) is 18.8. The Bertz CT molecular complexity index is 872. The third kappa shape index (κ3) is 2.52. The Kier molecular flexibility index (Phi) is 3.81. The van der Waals surface area contributed by atoms with Crippen molar-refractivity contribution >= 4 is 12.6 Å². The number of hydrogen-bond acceptors (Lipinski definition) is 4. The van der Waals surface area contributed by atoms with Crippen LogP contribution in [0.25, 0.3) is 11.1 Å². The summed E-state index contributed by atoms with van der Waals surface area (Å²) in [5.41, 5.74) is 10.6. The average Bonchev–Trinajstić information content (AvgIpc) is 3.05. The van der Waals surface area contributed by atoms with Gasteiger partial charge in [-0.25, -0.2) is 0 Å². The van der Waals surface area contributed by atoms with Gasteiger partial charge in [-0.2, -0.15) is 0 Å². The summed E-state index contributed by atoms with van der Waals surface area (Å²) in [7, 11) is -0.317. The van der Waals surface area contributed by atoms with Crippen molar-refractivity contribution in [1.29, 1.82) is 0 Å². The second-order valence-electron chi connectivity index (χ2n) is 9.20. The third-order valence-electron chi connectivity index (χ3n) is 7.49. The Morgan fingerprint density at radius 1 is 1.11 bits per heavy atom. The van der Waals surface area contributed by atoms with Crippen LogP contribution in [0.1, 0.15) is 39.2 Å². The maximum atomic E-state index is 6.64. The van der Waals surface area contributed by atoms with Crippen LogP contribution in [0.3, 0.4) is 0 Å². The van der Waals surface area contributed by atoms with Crippen LogP contribution in [0.2, 0.25) is 0 Å². The molecule has 0 spiro atoms. The molecule has 4 atom stereocenters. The number of nitrogens with zero attached hydrogens (tertiary/aromatic N) is 1. The van der Waals surface area contributed by atoms with Crippen molar-refractivity contribution in [3.8, 4) is 11.1 Å². The molecular weight excluding hydrogens is 335 g/mol. The fourth-order valence-corrected chi connectivity index (χ4v) is 5.69. The summed E-state index contributed by atoms with van der Waals surface area (Å²) in [5.74, 6) is 1.32. The second-order valence-corrected chi connectivity index (χ2v) is 9.20. The largest absolute Gasteiger partial charge is 0.494 e. The van der Waals surface area contributed by atoms with E-state index in [2.05, 4.69) is 44.0 Å². The van der Waals surface area contributed by atoms with Gasteiger partial charge in [0, 0.05) is 18.9 Å². The number of pyridine rings is 1. The minimum Gasteiger partial charge on any atom is -0.402 e. The van der Waals surface area contributed by atoms with Crippen LogP contribution in [-0.4, -0.2) is 23.8 Å². The molecule has 4 nitrogen and oxygen atoms in total. The maximum Gasteiger partial charge on any atom is 0.494 e. The Hall–Kier alpha value is -1.69. The zero-order valence-corrected chi connectivity index (χ0v) is 16.3. The van der Waals surface area contributed by atoms with Crippen molar-refractivity contribution in [3.05, 3.63) is 48.3 Å². The van der Waals surface area contributed by atoms with Gasteiger partial charge in [0.15, 0.2) is 0 Å². The molecule has 0 radical (unpaired) electrons. The highest BCUT2D eigenvalue weighted by Crippen LogP contribution is 2.65. The standard InChI is InChI=1S/C22H27BN2O2/c1-21(2)17-11-19(21)22(3)20(12-17)26-23(27-22)18-9-14(13-24)8-16(10-18)15-4-6-25-7-5-15/h4-10,17,19-20H,11-13,24H2,1-3H3/t17-,19-,20+,22-/m0/s1. The van der Waals surface area contributed by atoms with Crippen molar-refractivity contribution in [2.75, 3.05) is 0 Å². The van der Waals surface area contributed by atoms with Crippen LogP contribution in [0.5, 0.6) is 0 Å². The van der Waals surface area contributed by atoms with Crippen LogP contribution in [0.4, 0.5) is 0 Å². The first kappa shape index (κ1) is 17.4. The van der Waals surface area contributed by atoms with Crippen LogP contribution in [0, 0.1) is 17.3 Å². The lowest BCUT2D eigenvalue weighted by atomic mass is 9.43. The lowest BCUT2D eigenvalue weighted by Crippen LogP contribution is -2.65. The van der Waals surface area contributed by atoms with E-state index in [9.17, 15) is 0 Å². The number of benzene rings is 1. The van der Waals surface area contributed by atoms with Crippen molar-refractivity contribution in [1.82, 2.24) is 4.98 Å². The highest BCUT2D eigenvalue weighted by Gasteiger charge is 2.68. The van der Waals surface area contributed by atoms with Crippen LogP contribution in [0.15, 0.2) is 42.7 Å². The Morgan fingerprint density at radius 3 is 2.59 bits per heavy atom. The minimum atomic E-state index is -0.317. The Labute approximate surface area is 161 Å². The van der Waals surface area contributed by atoms with Gasteiger partial charge in [-0.3, -0.25) is 4.98 Å². The molecule has 2 aromatic rings. The van der Waals surface area contributed by atoms with E-state index in [1.54, 1.807) is 0 Å². The summed E-state index contributed by atoms with van der Waals surface area (Å²) in [6.45, 7) is 7.54. The van der Waals surface area contributed by atoms with Crippen molar-refractivity contribution in [2.45, 2.75) is 51.9 Å². The molecule has 1 aliphatic heterocycles. The van der Waals surface area contributed by atoms with E-state index >= 15 is 0 Å². The molecule has 3 aliphatic carbocycles. The zero-order valence-electron chi connectivity index (χ0n) is 16.3. The highest BCUT2D eigenvalue weighted by atomic mass is 16.7. The number of aromatic nitrogens is 1. The van der Waals surface area contributed by atoms with Gasteiger partial charge in [0.2, 0.25) is 0 Å². The summed E-state index contributed by atoms with van der Waals surface area (Å²) in [6, 6.07) is 10.5. The molecule has 0 unspecified atom stereocenters. The molecule has 27 heavy (non-hydrogen) atoms. The predicted octanol–water partition coefficient (Wildman–Crippen LogP) is 3.14. The van der Waals surface area contributed by atoms with Gasteiger partial charge in [-0.15, -0.1) is 0 Å². The summed E-state index contributed by atoms with van der Waals surface area (Å²) >= 11 is 0. The molecule has 2 N–H and O–H groups in total. The normalized spacial score (nSPS) is 33.5. The van der Waals surface area contributed by atoms with E-state index in [1.807, 2.05) is 24.5 Å². The summed E-state index contributed by atoms with van der Waals surface area (Å²) < 4.78 is 13.1. The fourth-order valence-electron chi connectivity index (χ4n) is 5.69. The van der Waals surface area contributed by atoms with Crippen molar-refractivity contribution < 1.29 is 9.31 Å². The topological polar surface area (TPSA) is 57.4 Å². The minimum absolute atomic E-state index is 0.185. The van der Waals surface area contributed by atoms with Crippen LogP contribution < -0.4 is 11.2 Å². The number of hydrogen-bond donors (Lipinski definition) is 1. The smallest absolute Gasteiger partial charge is 0.402 e. The second kappa shape index (κ2) is 5.90. The number of nitrogens with two attached hydrogens (primary N) is 1. The van der Waals surface area contributed by atoms with Gasteiger partial charge in [-0.1, -0.05) is 26.0 Å². The molecule has 2 heterocycles. The van der Waals surface area contributed by atoms with Gasteiger partial charge < -0.3 is 15.0 Å². The average molecular weight is 362 g/mol. The first-order valence-electron chi connectivity index (χ1n) is 9.99. The quantitative estimate of drug-likeness (QED) is 0.853. The highest BCUT2D eigenvalue weighted by molar-refractivity contribution is 6.62. The van der Waals surface area contributed by atoms with Crippen molar-refractivity contribution in [2.24, 2.45) is 23.0 Å². The van der Waals surface area contributed by atoms with E-state index in [-0.39, 0.29) is 18.8 Å². The van der Waals surface area contributed by atoms with Crippen LogP contribution >= 0.6 is 0 Å². The summed E-state index contributed by atoms with van der Waals surface area (Å²) in [5, 5.41) is 0. The summed E-state index contributed by atoms with van der Waals surface area (Å²) in [6.07, 6.45) is 6.19. The Balaban J connectivity index is 1.49. The molecule has 0 amide bonds. The summed E-state index contributed by atoms with van der Waals surface area (Å²) in [4.78, 5) is 4.12. The first-order chi connectivity index (χ1) is 12.9. The SMILES string of the molecule is CC1(C)[C@@H]2C[C@H]3OB(c4cc(CN)cc(-c5ccncc5)c4)O[C@@]3(C)[C@H]1C2. The van der Waals surface area contributed by atoms with Crippen molar-refractivity contribution in [3.63, 3.8) is 0 Å². The van der Waals surface area contributed by atoms with Gasteiger partial charge in [0.1, 0.15) is 0 Å². The molecule has 6 rings (SSSR count). The predicted molar refractivity (Wildman–Crippen MR) is 107 cm³/mol. The lowest BCUT2D eigenvalue weighted by Gasteiger charge is -2.64. The fraction of sp³-hybridized carbons (Fsp3) is 0.500. The van der Waals surface area contributed by atoms with E-state index in [1.165, 1.54) is 6.42 Å². The van der Waals surface area contributed by atoms with Gasteiger partial charge >= 0.3 is 7.12 Å². The molecule has 1 aromatic heterocycles. The molecule has 3 saturated carbocycles. The van der Waals surface area contributed by atoms with Gasteiger partial charge in [0.25, 0.3) is 0 Å². The molecular formula is C22H27BN2O2. The molecule has 4 aliphatic rings. The van der Waals surface area contributed by atoms with E-state index < -0.39 is 0 Å². The molecule has 2 bridgehead atoms. The van der Waals surface area contributed by atoms with E-state index in [4.69, 9.17) is 15.0 Å². The van der Waals surface area contributed by atoms with Gasteiger partial charge in [0.05, 0.1) is 11.7 Å². The molecule has 1 aromatic carbocycles. The monoisotopic (exact) mass is 362 g/mol. The third-order valence-corrected chi connectivity index (χ3v) is 7.49.